The Bertz CT molecular complexity index is 1140. The van der Waals surface area contributed by atoms with Crippen LogP contribution in [0.1, 0.15) is 18.4 Å². The largest absolute Gasteiger partial charge is 0.573 e. The van der Waals surface area contributed by atoms with Crippen molar-refractivity contribution in [3.8, 4) is 11.5 Å². The van der Waals surface area contributed by atoms with Gasteiger partial charge in [0.05, 0.1) is 18.4 Å². The molecule has 0 bridgehead atoms. The van der Waals surface area contributed by atoms with Crippen LogP contribution in [0, 0.1) is 0 Å². The molecule has 8 nitrogen and oxygen atoms in total. The van der Waals surface area contributed by atoms with Crippen molar-refractivity contribution in [2.75, 3.05) is 4.90 Å². The minimum absolute atomic E-state index is 0.00389. The Kier molecular flexibility index (Phi) is 5.41. The monoisotopic (exact) mass is 489 g/mol. The Morgan fingerprint density at radius 1 is 1.03 bits per heavy atom. The normalized spacial score (nSPS) is 17.4. The first-order valence-electron chi connectivity index (χ1n) is 9.56. The lowest BCUT2D eigenvalue weighted by Crippen LogP contribution is -2.37. The number of carbonyl (C=O) groups is 3. The van der Waals surface area contributed by atoms with Gasteiger partial charge in [-0.05, 0) is 43.2 Å². The van der Waals surface area contributed by atoms with E-state index in [1.807, 2.05) is 0 Å². The van der Waals surface area contributed by atoms with Crippen LogP contribution in [0.2, 0.25) is 0 Å². The Morgan fingerprint density at radius 3 is 2.24 bits per heavy atom. The predicted octanol–water partition coefficient (Wildman–Crippen LogP) is 3.95. The number of alkyl halides is 6. The number of hydrogen-bond acceptors (Lipinski definition) is 6. The lowest BCUT2D eigenvalue weighted by atomic mass is 10.2. The maximum Gasteiger partial charge on any atom is 0.573 e. The Labute approximate surface area is 186 Å². The van der Waals surface area contributed by atoms with E-state index < -0.39 is 47.5 Å². The van der Waals surface area contributed by atoms with E-state index in [0.717, 1.165) is 40.3 Å². The fourth-order valence-corrected chi connectivity index (χ4v) is 3.52. The van der Waals surface area contributed by atoms with Crippen LogP contribution in [0.5, 0.6) is 11.5 Å². The van der Waals surface area contributed by atoms with Crippen LogP contribution in [0.25, 0.3) is 0 Å². The smallest absolute Gasteiger partial charge is 0.418 e. The van der Waals surface area contributed by atoms with Gasteiger partial charge in [0.15, 0.2) is 5.75 Å². The fraction of sp³-hybridized carbons (Fsp3) is 0.300. The lowest BCUT2D eigenvalue weighted by Gasteiger charge is -2.22. The number of anilines is 1. The third-order valence-electron chi connectivity index (χ3n) is 5.22. The molecule has 0 N–H and O–H groups in total. The van der Waals surface area contributed by atoms with Gasteiger partial charge >= 0.3 is 24.5 Å². The lowest BCUT2D eigenvalue weighted by molar-refractivity contribution is -0.274. The van der Waals surface area contributed by atoms with Crippen molar-refractivity contribution in [2.45, 2.75) is 37.5 Å². The van der Waals surface area contributed by atoms with Crippen LogP contribution in [0.15, 0.2) is 42.7 Å². The SMILES string of the molecule is O=C1N(c2ccc(OC(F)(F)F)cc2)C(=O)C2(CC2)N1Cc1ccncc1OC(=O)C(F)(F)F. The zero-order chi connectivity index (χ0) is 24.9. The summed E-state index contributed by atoms with van der Waals surface area (Å²) in [6.45, 7) is -0.376. The molecule has 1 spiro atoms. The topological polar surface area (TPSA) is 89.0 Å². The molecule has 1 aromatic carbocycles. The molecule has 14 heteroatoms. The summed E-state index contributed by atoms with van der Waals surface area (Å²) in [5.41, 5.74) is -1.28. The number of aromatic nitrogens is 1. The van der Waals surface area contributed by atoms with E-state index in [4.69, 9.17) is 0 Å². The van der Waals surface area contributed by atoms with E-state index >= 15 is 0 Å². The molecule has 1 saturated carbocycles. The van der Waals surface area contributed by atoms with Crippen LogP contribution >= 0.6 is 0 Å². The van der Waals surface area contributed by atoms with Crippen molar-refractivity contribution < 1.29 is 50.2 Å². The van der Waals surface area contributed by atoms with E-state index in [9.17, 15) is 40.7 Å². The third-order valence-corrected chi connectivity index (χ3v) is 5.22. The number of urea groups is 1. The van der Waals surface area contributed by atoms with Crippen LogP contribution in [-0.4, -0.2) is 45.9 Å². The number of pyridine rings is 1. The average Bonchev–Trinajstić information content (AvgIpc) is 3.51. The summed E-state index contributed by atoms with van der Waals surface area (Å²) in [7, 11) is 0. The summed E-state index contributed by atoms with van der Waals surface area (Å²) in [5.74, 6) is -4.20. The molecular formula is C20H13F6N3O5. The molecule has 1 saturated heterocycles. The Balaban J connectivity index is 1.58. The minimum atomic E-state index is -5.26. The molecule has 34 heavy (non-hydrogen) atoms. The van der Waals surface area contributed by atoms with Gasteiger partial charge in [0, 0.05) is 11.8 Å². The summed E-state index contributed by atoms with van der Waals surface area (Å²) >= 11 is 0. The third kappa shape index (κ3) is 4.34. The summed E-state index contributed by atoms with van der Waals surface area (Å²) in [6.07, 6.45) is -7.56. The Hall–Kier alpha value is -3.84. The number of halogens is 6. The molecule has 0 radical (unpaired) electrons. The van der Waals surface area contributed by atoms with Crippen LogP contribution in [-0.2, 0) is 16.1 Å². The van der Waals surface area contributed by atoms with Gasteiger partial charge in [-0.25, -0.2) is 14.5 Å². The van der Waals surface area contributed by atoms with Gasteiger partial charge in [0.25, 0.3) is 5.91 Å². The summed E-state index contributed by atoms with van der Waals surface area (Å²) < 4.78 is 83.0. The van der Waals surface area contributed by atoms with Gasteiger partial charge in [-0.1, -0.05) is 0 Å². The number of rotatable bonds is 5. The molecule has 1 aliphatic carbocycles. The number of hydrogen-bond donors (Lipinski definition) is 0. The predicted molar refractivity (Wildman–Crippen MR) is 99.4 cm³/mol. The highest BCUT2D eigenvalue weighted by Crippen LogP contribution is 2.50. The van der Waals surface area contributed by atoms with Crippen molar-refractivity contribution in [2.24, 2.45) is 0 Å². The van der Waals surface area contributed by atoms with Crippen LogP contribution < -0.4 is 14.4 Å². The van der Waals surface area contributed by atoms with Gasteiger partial charge in [0.1, 0.15) is 11.3 Å². The van der Waals surface area contributed by atoms with Gasteiger partial charge in [-0.3, -0.25) is 9.78 Å². The van der Waals surface area contributed by atoms with E-state index in [1.54, 1.807) is 0 Å². The molecule has 0 atom stereocenters. The van der Waals surface area contributed by atoms with Crippen molar-refractivity contribution >= 4 is 23.6 Å². The maximum atomic E-state index is 13.1. The number of esters is 1. The first-order valence-corrected chi connectivity index (χ1v) is 9.56. The van der Waals surface area contributed by atoms with Crippen molar-refractivity contribution in [1.82, 2.24) is 9.88 Å². The first-order chi connectivity index (χ1) is 15.8. The molecule has 2 heterocycles. The zero-order valence-electron chi connectivity index (χ0n) is 16.8. The molecule has 2 aromatic rings. The van der Waals surface area contributed by atoms with E-state index in [-0.39, 0.29) is 30.6 Å². The molecule has 1 aromatic heterocycles. The summed E-state index contributed by atoms with van der Waals surface area (Å²) in [5, 5.41) is 0. The number of amides is 3. The highest BCUT2D eigenvalue weighted by Gasteiger charge is 2.65. The van der Waals surface area contributed by atoms with Gasteiger partial charge in [0.2, 0.25) is 0 Å². The Morgan fingerprint density at radius 2 is 1.68 bits per heavy atom. The molecule has 2 aliphatic rings. The molecule has 180 valence electrons. The minimum Gasteiger partial charge on any atom is -0.418 e. The van der Waals surface area contributed by atoms with E-state index in [0.29, 0.717) is 0 Å². The van der Waals surface area contributed by atoms with E-state index in [1.165, 1.54) is 12.3 Å². The zero-order valence-corrected chi connectivity index (χ0v) is 16.8. The van der Waals surface area contributed by atoms with E-state index in [2.05, 4.69) is 14.5 Å². The molecule has 4 rings (SSSR count). The van der Waals surface area contributed by atoms with Gasteiger partial charge in [-0.2, -0.15) is 13.2 Å². The summed E-state index contributed by atoms with van der Waals surface area (Å²) in [6, 6.07) is 4.46. The molecule has 2 fully saturated rings. The highest BCUT2D eigenvalue weighted by molar-refractivity contribution is 6.24. The second kappa shape index (κ2) is 7.88. The molecular weight excluding hydrogens is 476 g/mol. The fourth-order valence-electron chi connectivity index (χ4n) is 3.52. The van der Waals surface area contributed by atoms with Crippen molar-refractivity contribution in [1.29, 1.82) is 0 Å². The number of carbonyl (C=O) groups excluding carboxylic acids is 3. The molecule has 3 amide bonds. The maximum absolute atomic E-state index is 13.1. The standard InChI is InChI=1S/C20H13F6N3O5/c21-19(22,23)16(31)33-14-9-27-8-5-11(14)10-28-17(32)29(15(30)18(28)6-7-18)12-1-3-13(4-2-12)34-20(24,25)26/h1-5,8-9H,6-7,10H2. The molecule has 0 unspecified atom stereocenters. The second-order valence-corrected chi connectivity index (χ2v) is 7.45. The van der Waals surface area contributed by atoms with Gasteiger partial charge in [-0.15, -0.1) is 13.2 Å². The molecule has 1 aliphatic heterocycles. The van der Waals surface area contributed by atoms with Crippen molar-refractivity contribution in [3.05, 3.63) is 48.3 Å². The van der Waals surface area contributed by atoms with Crippen molar-refractivity contribution in [3.63, 3.8) is 0 Å². The van der Waals surface area contributed by atoms with Crippen LogP contribution in [0.4, 0.5) is 36.8 Å². The average molecular weight is 489 g/mol. The summed E-state index contributed by atoms with van der Waals surface area (Å²) in [4.78, 5) is 42.9. The number of ether oxygens (including phenoxy) is 2. The number of benzene rings is 1. The van der Waals surface area contributed by atoms with Crippen LogP contribution in [0.3, 0.4) is 0 Å². The number of nitrogens with zero attached hydrogens (tertiary/aromatic N) is 3. The number of imide groups is 1. The quantitative estimate of drug-likeness (QED) is 0.359. The first kappa shape index (κ1) is 23.3. The van der Waals surface area contributed by atoms with Gasteiger partial charge < -0.3 is 14.4 Å². The second-order valence-electron chi connectivity index (χ2n) is 7.45. The highest BCUT2D eigenvalue weighted by atomic mass is 19.4.